The second-order valence-corrected chi connectivity index (χ2v) is 15.1. The maximum atomic E-state index is 12.7. The first kappa shape index (κ1) is 29.3. The van der Waals surface area contributed by atoms with Crippen molar-refractivity contribution in [2.75, 3.05) is 12.5 Å². The third-order valence-electron chi connectivity index (χ3n) is 7.27. The Balaban J connectivity index is 1.68. The van der Waals surface area contributed by atoms with Gasteiger partial charge in [0.05, 0.1) is 15.2 Å². The van der Waals surface area contributed by atoms with Crippen LogP contribution < -0.4 is 0 Å². The lowest BCUT2D eigenvalue weighted by Crippen LogP contribution is -2.28. The predicted molar refractivity (Wildman–Crippen MR) is 162 cm³/mol. The van der Waals surface area contributed by atoms with Gasteiger partial charge in [0, 0.05) is 35.2 Å². The number of benzene rings is 3. The molecule has 0 radical (unpaired) electrons. The van der Waals surface area contributed by atoms with Gasteiger partial charge in [-0.05, 0) is 78.6 Å². The van der Waals surface area contributed by atoms with E-state index in [2.05, 4.69) is 15.1 Å². The minimum absolute atomic E-state index is 0.111. The van der Waals surface area contributed by atoms with Gasteiger partial charge in [-0.25, -0.2) is 16.8 Å². The topological polar surface area (TPSA) is 140 Å². The van der Waals surface area contributed by atoms with Gasteiger partial charge < -0.3 is 9.63 Å². The number of aromatic nitrogens is 3. The molecule has 2 aromatic heterocycles. The largest absolute Gasteiger partial charge is 0.388 e. The summed E-state index contributed by atoms with van der Waals surface area (Å²) in [7, 11) is -6.82. The van der Waals surface area contributed by atoms with Crippen molar-refractivity contribution in [3.8, 4) is 11.1 Å². The van der Waals surface area contributed by atoms with Crippen LogP contribution in [0.15, 0.2) is 88.4 Å². The van der Waals surface area contributed by atoms with Gasteiger partial charge in [-0.2, -0.15) is 4.98 Å². The van der Waals surface area contributed by atoms with Crippen LogP contribution in [0.1, 0.15) is 42.3 Å². The number of aliphatic hydroxyl groups excluding tert-OH is 1. The van der Waals surface area contributed by atoms with E-state index >= 15 is 0 Å². The Morgan fingerprint density at radius 1 is 0.952 bits per heavy atom. The van der Waals surface area contributed by atoms with E-state index in [1.165, 1.54) is 18.4 Å². The Labute approximate surface area is 244 Å². The molecule has 0 spiro atoms. The second kappa shape index (κ2) is 10.9. The standard InChI is InChI=1S/C31H29N3O6S2/c1-31(2,42(4,38)39)24-17-23-9-6-14-32-29(23)26(18-24)22-8-5-7-20(15-22)16-27(30-33-28(19-35)34-40-30)21-10-12-25(13-11-21)41(3,36)37/h5-18,35H,19H2,1-4H3/b27-16+. The summed E-state index contributed by atoms with van der Waals surface area (Å²) >= 11 is 0. The van der Waals surface area contributed by atoms with Crippen molar-refractivity contribution in [2.24, 2.45) is 0 Å². The van der Waals surface area contributed by atoms with Crippen LogP contribution in [-0.2, 0) is 31.0 Å². The third kappa shape index (κ3) is 5.76. The summed E-state index contributed by atoms with van der Waals surface area (Å²) in [5.41, 5.74) is 4.87. The van der Waals surface area contributed by atoms with E-state index in [-0.39, 0.29) is 16.6 Å². The average molecular weight is 604 g/mol. The van der Waals surface area contributed by atoms with E-state index in [1.54, 1.807) is 32.2 Å². The molecule has 42 heavy (non-hydrogen) atoms. The summed E-state index contributed by atoms with van der Waals surface area (Å²) in [5.74, 6) is 0.265. The van der Waals surface area contributed by atoms with Crippen LogP contribution in [0.2, 0.25) is 0 Å². The molecule has 0 saturated carbocycles. The fraction of sp³-hybridized carbons (Fsp3) is 0.194. The van der Waals surface area contributed by atoms with E-state index in [1.807, 2.05) is 54.6 Å². The van der Waals surface area contributed by atoms with E-state index in [0.717, 1.165) is 33.8 Å². The Hall–Kier alpha value is -4.19. The van der Waals surface area contributed by atoms with Gasteiger partial charge >= 0.3 is 0 Å². The zero-order chi connectivity index (χ0) is 30.3. The molecule has 0 atom stereocenters. The highest BCUT2D eigenvalue weighted by atomic mass is 32.2. The summed E-state index contributed by atoms with van der Waals surface area (Å²) in [6.45, 7) is 2.98. The number of aliphatic hydroxyl groups is 1. The monoisotopic (exact) mass is 603 g/mol. The highest BCUT2D eigenvalue weighted by Crippen LogP contribution is 2.37. The van der Waals surface area contributed by atoms with Crippen LogP contribution in [0.5, 0.6) is 0 Å². The Morgan fingerprint density at radius 3 is 2.33 bits per heavy atom. The summed E-state index contributed by atoms with van der Waals surface area (Å²) in [4.78, 5) is 9.04. The Bertz CT molecular complexity index is 2050. The second-order valence-electron chi connectivity index (χ2n) is 10.5. The number of sulfone groups is 2. The van der Waals surface area contributed by atoms with Gasteiger partial charge in [0.1, 0.15) is 6.61 Å². The van der Waals surface area contributed by atoms with Crippen LogP contribution in [0.4, 0.5) is 0 Å². The third-order valence-corrected chi connectivity index (χ3v) is 10.5. The fourth-order valence-electron chi connectivity index (χ4n) is 4.51. The summed E-state index contributed by atoms with van der Waals surface area (Å²) in [6.07, 6.45) is 5.90. The number of fused-ring (bicyclic) bond motifs is 1. The van der Waals surface area contributed by atoms with Gasteiger partial charge in [-0.3, -0.25) is 4.98 Å². The SMILES string of the molecule is CC(C)(c1cc(-c2cccc(/C=C(\c3ccc(S(C)(=O)=O)cc3)c3nc(CO)no3)c2)c2ncccc2c1)S(C)(=O)=O. The van der Waals surface area contributed by atoms with E-state index in [0.29, 0.717) is 16.7 Å². The lowest BCUT2D eigenvalue weighted by atomic mass is 9.92. The minimum atomic E-state index is -3.43. The van der Waals surface area contributed by atoms with Crippen LogP contribution in [-0.4, -0.2) is 49.6 Å². The van der Waals surface area contributed by atoms with Crippen molar-refractivity contribution in [1.29, 1.82) is 0 Å². The van der Waals surface area contributed by atoms with Gasteiger partial charge in [-0.15, -0.1) is 0 Å². The van der Waals surface area contributed by atoms with E-state index in [9.17, 15) is 21.9 Å². The summed E-state index contributed by atoms with van der Waals surface area (Å²) in [5, 5.41) is 14.1. The molecule has 0 bridgehead atoms. The molecule has 1 N–H and O–H groups in total. The molecule has 0 unspecified atom stereocenters. The molecule has 0 saturated heterocycles. The first-order valence-corrected chi connectivity index (χ1v) is 16.7. The summed E-state index contributed by atoms with van der Waals surface area (Å²) in [6, 6.07) is 21.4. The van der Waals surface area contributed by atoms with Crippen molar-refractivity contribution in [3.05, 3.63) is 107 Å². The normalized spacial score (nSPS) is 13.0. The predicted octanol–water partition coefficient (Wildman–Crippen LogP) is 5.05. The van der Waals surface area contributed by atoms with Crippen molar-refractivity contribution >= 4 is 42.2 Å². The molecule has 0 aliphatic heterocycles. The first-order valence-electron chi connectivity index (χ1n) is 12.9. The minimum Gasteiger partial charge on any atom is -0.388 e. The Kier molecular flexibility index (Phi) is 7.61. The van der Waals surface area contributed by atoms with Crippen molar-refractivity contribution in [3.63, 3.8) is 0 Å². The molecule has 216 valence electrons. The number of pyridine rings is 1. The van der Waals surface area contributed by atoms with Gasteiger partial charge in [0.2, 0.25) is 0 Å². The van der Waals surface area contributed by atoms with Crippen LogP contribution in [0.25, 0.3) is 33.7 Å². The quantitative estimate of drug-likeness (QED) is 0.241. The van der Waals surface area contributed by atoms with Crippen LogP contribution in [0, 0.1) is 0 Å². The highest BCUT2D eigenvalue weighted by molar-refractivity contribution is 7.91. The molecule has 11 heteroatoms. The maximum Gasteiger partial charge on any atom is 0.258 e. The molecular weight excluding hydrogens is 574 g/mol. The number of hydrogen-bond acceptors (Lipinski definition) is 9. The molecular formula is C31H29N3O6S2. The fourth-order valence-corrected chi connectivity index (χ4v) is 5.69. The molecule has 0 aliphatic carbocycles. The molecule has 3 aromatic carbocycles. The maximum absolute atomic E-state index is 12.7. The Morgan fingerprint density at radius 2 is 1.69 bits per heavy atom. The van der Waals surface area contributed by atoms with Crippen LogP contribution in [0.3, 0.4) is 0 Å². The first-order chi connectivity index (χ1) is 19.8. The van der Waals surface area contributed by atoms with E-state index in [4.69, 9.17) is 4.52 Å². The van der Waals surface area contributed by atoms with Crippen molar-refractivity contribution in [2.45, 2.75) is 30.1 Å². The molecule has 0 fully saturated rings. The molecule has 2 heterocycles. The molecule has 5 rings (SSSR count). The number of nitrogens with zero attached hydrogens (tertiary/aromatic N) is 3. The highest BCUT2D eigenvalue weighted by Gasteiger charge is 2.33. The molecule has 0 aliphatic rings. The van der Waals surface area contributed by atoms with Gasteiger partial charge in [-0.1, -0.05) is 41.6 Å². The van der Waals surface area contributed by atoms with E-state index < -0.39 is 31.0 Å². The average Bonchev–Trinajstić information content (AvgIpc) is 3.43. The van der Waals surface area contributed by atoms with Crippen LogP contribution >= 0.6 is 0 Å². The van der Waals surface area contributed by atoms with Crippen molar-refractivity contribution < 1.29 is 26.5 Å². The lowest BCUT2D eigenvalue weighted by molar-refractivity contribution is 0.263. The van der Waals surface area contributed by atoms with Gasteiger partial charge in [0.15, 0.2) is 25.5 Å². The zero-order valence-electron chi connectivity index (χ0n) is 23.4. The number of hydrogen-bond donors (Lipinski definition) is 1. The van der Waals surface area contributed by atoms with Gasteiger partial charge in [0.25, 0.3) is 5.89 Å². The molecule has 5 aromatic rings. The van der Waals surface area contributed by atoms with Crippen molar-refractivity contribution in [1.82, 2.24) is 15.1 Å². The zero-order valence-corrected chi connectivity index (χ0v) is 25.1. The lowest BCUT2D eigenvalue weighted by Gasteiger charge is -2.24. The number of rotatable bonds is 8. The molecule has 0 amide bonds. The summed E-state index contributed by atoms with van der Waals surface area (Å²) < 4.78 is 53.7. The molecule has 9 nitrogen and oxygen atoms in total. The smallest absolute Gasteiger partial charge is 0.258 e.